The molecule has 1 unspecified atom stereocenters. The molecule has 0 bridgehead atoms. The molecule has 10 heteroatoms. The zero-order valence-electron chi connectivity index (χ0n) is 14.4. The highest BCUT2D eigenvalue weighted by Gasteiger charge is 2.33. The second-order valence-electron chi connectivity index (χ2n) is 6.27. The summed E-state index contributed by atoms with van der Waals surface area (Å²) in [6, 6.07) is -2.43. The van der Waals surface area contributed by atoms with Crippen molar-refractivity contribution >= 4 is 17.9 Å². The van der Waals surface area contributed by atoms with Crippen molar-refractivity contribution in [2.75, 3.05) is 6.54 Å². The van der Waals surface area contributed by atoms with Gasteiger partial charge in [-0.1, -0.05) is 32.1 Å². The van der Waals surface area contributed by atoms with Crippen molar-refractivity contribution in [1.82, 2.24) is 16.0 Å². The zero-order valence-corrected chi connectivity index (χ0v) is 14.4. The summed E-state index contributed by atoms with van der Waals surface area (Å²) in [4.78, 5) is 34.5. The van der Waals surface area contributed by atoms with Gasteiger partial charge < -0.3 is 21.1 Å². The Hall–Kier alpha value is -2.52. The standard InChI is InChI=1S/C16H22F3N3O4/c1-9(2)7-12(14(24)25)22-13(23)8-20-15(26)21-11-5-3-10(4-6-11)16(17,18)19/h3-5,9,11-12H,6-8H2,1-2H3,(H,22,23)(H,24,25)(H2,20,21,26)/t11?,12-/m0/s1. The molecule has 0 aromatic heterocycles. The molecule has 0 fully saturated rings. The molecule has 0 saturated heterocycles. The number of urea groups is 1. The number of rotatable bonds is 7. The zero-order chi connectivity index (χ0) is 19.9. The number of carboxylic acids is 1. The number of carboxylic acid groups (broad SMARTS) is 1. The highest BCUT2D eigenvalue weighted by Crippen LogP contribution is 2.29. The Kier molecular flexibility index (Phi) is 7.66. The summed E-state index contributed by atoms with van der Waals surface area (Å²) in [7, 11) is 0. The van der Waals surface area contributed by atoms with E-state index in [4.69, 9.17) is 5.11 Å². The first kappa shape index (κ1) is 21.5. The number of carbonyl (C=O) groups is 3. The minimum atomic E-state index is -4.43. The first-order valence-electron chi connectivity index (χ1n) is 8.01. The predicted molar refractivity (Wildman–Crippen MR) is 87.2 cm³/mol. The van der Waals surface area contributed by atoms with Crippen LogP contribution in [0, 0.1) is 5.92 Å². The number of hydrogen-bond acceptors (Lipinski definition) is 3. The third kappa shape index (κ3) is 7.58. The summed E-state index contributed by atoms with van der Waals surface area (Å²) in [5.41, 5.74) is -0.778. The van der Waals surface area contributed by atoms with E-state index in [1.807, 2.05) is 13.8 Å². The molecule has 1 aliphatic carbocycles. The Morgan fingerprint density at radius 1 is 1.31 bits per heavy atom. The van der Waals surface area contributed by atoms with Crippen molar-refractivity contribution in [3.05, 3.63) is 23.8 Å². The average molecular weight is 377 g/mol. The van der Waals surface area contributed by atoms with Gasteiger partial charge in [0.15, 0.2) is 0 Å². The first-order chi connectivity index (χ1) is 12.0. The summed E-state index contributed by atoms with van der Waals surface area (Å²) >= 11 is 0. The Labute approximate surface area is 148 Å². The lowest BCUT2D eigenvalue weighted by Crippen LogP contribution is -2.49. The molecule has 7 nitrogen and oxygen atoms in total. The van der Waals surface area contributed by atoms with Crippen LogP contribution in [0.5, 0.6) is 0 Å². The first-order valence-corrected chi connectivity index (χ1v) is 8.01. The van der Waals surface area contributed by atoms with Gasteiger partial charge in [-0.25, -0.2) is 9.59 Å². The third-order valence-electron chi connectivity index (χ3n) is 3.49. The van der Waals surface area contributed by atoms with Crippen molar-refractivity contribution in [2.24, 2.45) is 5.92 Å². The van der Waals surface area contributed by atoms with Crippen LogP contribution in [0.3, 0.4) is 0 Å². The second kappa shape index (κ2) is 9.25. The molecule has 0 aromatic carbocycles. The molecule has 0 heterocycles. The Morgan fingerprint density at radius 2 is 1.96 bits per heavy atom. The fourth-order valence-electron chi connectivity index (χ4n) is 2.26. The number of aliphatic carboxylic acids is 1. The van der Waals surface area contributed by atoms with Crippen molar-refractivity contribution in [1.29, 1.82) is 0 Å². The van der Waals surface area contributed by atoms with Gasteiger partial charge in [0.1, 0.15) is 6.04 Å². The Balaban J connectivity index is 2.39. The van der Waals surface area contributed by atoms with E-state index < -0.39 is 48.3 Å². The van der Waals surface area contributed by atoms with Gasteiger partial charge in [0.05, 0.1) is 18.2 Å². The van der Waals surface area contributed by atoms with Gasteiger partial charge in [-0.2, -0.15) is 13.2 Å². The van der Waals surface area contributed by atoms with E-state index in [1.54, 1.807) is 0 Å². The number of halogens is 3. The maximum absolute atomic E-state index is 12.5. The number of nitrogens with one attached hydrogen (secondary N) is 3. The number of amides is 3. The van der Waals surface area contributed by atoms with Crippen molar-refractivity contribution < 1.29 is 32.7 Å². The fraction of sp³-hybridized carbons (Fsp3) is 0.562. The van der Waals surface area contributed by atoms with E-state index in [0.29, 0.717) is 0 Å². The molecule has 146 valence electrons. The lowest BCUT2D eigenvalue weighted by atomic mass is 10.0. The summed E-state index contributed by atoms with van der Waals surface area (Å²) in [5.74, 6) is -1.79. The van der Waals surface area contributed by atoms with Gasteiger partial charge in [-0.3, -0.25) is 4.79 Å². The van der Waals surface area contributed by atoms with Crippen LogP contribution in [-0.2, 0) is 9.59 Å². The minimum absolute atomic E-state index is 0.0273. The minimum Gasteiger partial charge on any atom is -0.480 e. The molecule has 4 N–H and O–H groups in total. The number of allylic oxidation sites excluding steroid dienone is 2. The quantitative estimate of drug-likeness (QED) is 0.542. The van der Waals surface area contributed by atoms with Crippen LogP contribution < -0.4 is 16.0 Å². The van der Waals surface area contributed by atoms with Gasteiger partial charge in [-0.15, -0.1) is 0 Å². The molecular weight excluding hydrogens is 355 g/mol. The van der Waals surface area contributed by atoms with Gasteiger partial charge in [0, 0.05) is 0 Å². The maximum Gasteiger partial charge on any atom is 0.416 e. The summed E-state index contributed by atoms with van der Waals surface area (Å²) in [6.07, 6.45) is -1.15. The monoisotopic (exact) mass is 377 g/mol. The summed E-state index contributed by atoms with van der Waals surface area (Å²) in [6.45, 7) is 3.17. The predicted octanol–water partition coefficient (Wildman–Crippen LogP) is 1.72. The maximum atomic E-state index is 12.5. The van der Waals surface area contributed by atoms with E-state index in [1.165, 1.54) is 6.08 Å². The topological polar surface area (TPSA) is 108 Å². The van der Waals surface area contributed by atoms with E-state index in [0.717, 1.165) is 12.2 Å². The number of carbonyl (C=O) groups excluding carboxylic acids is 2. The number of hydrogen-bond donors (Lipinski definition) is 4. The molecule has 0 aromatic rings. The fourth-order valence-corrected chi connectivity index (χ4v) is 2.26. The summed E-state index contributed by atoms with van der Waals surface area (Å²) < 4.78 is 37.4. The highest BCUT2D eigenvalue weighted by molar-refractivity contribution is 5.87. The molecule has 3 amide bonds. The van der Waals surface area contributed by atoms with Crippen LogP contribution >= 0.6 is 0 Å². The largest absolute Gasteiger partial charge is 0.480 e. The van der Waals surface area contributed by atoms with E-state index in [2.05, 4.69) is 16.0 Å². The average Bonchev–Trinajstić information content (AvgIpc) is 2.51. The van der Waals surface area contributed by atoms with Crippen molar-refractivity contribution in [3.8, 4) is 0 Å². The van der Waals surface area contributed by atoms with Crippen molar-refractivity contribution in [2.45, 2.75) is 44.9 Å². The van der Waals surface area contributed by atoms with Crippen molar-refractivity contribution in [3.63, 3.8) is 0 Å². The lowest BCUT2D eigenvalue weighted by Gasteiger charge is -2.20. The van der Waals surface area contributed by atoms with Crippen LogP contribution in [0.15, 0.2) is 23.8 Å². The third-order valence-corrected chi connectivity index (χ3v) is 3.49. The normalized spacial score (nSPS) is 18.1. The van der Waals surface area contributed by atoms with Gasteiger partial charge in [-0.05, 0) is 18.8 Å². The summed E-state index contributed by atoms with van der Waals surface area (Å²) in [5, 5.41) is 16.0. The van der Waals surface area contributed by atoms with Gasteiger partial charge >= 0.3 is 18.2 Å². The van der Waals surface area contributed by atoms with Crippen LogP contribution in [-0.4, -0.2) is 47.8 Å². The Morgan fingerprint density at radius 3 is 2.42 bits per heavy atom. The molecule has 0 saturated carbocycles. The molecule has 1 aliphatic rings. The van der Waals surface area contributed by atoms with Crippen LogP contribution in [0.1, 0.15) is 26.7 Å². The molecule has 2 atom stereocenters. The van der Waals surface area contributed by atoms with E-state index in [9.17, 15) is 27.6 Å². The molecule has 26 heavy (non-hydrogen) atoms. The number of alkyl halides is 3. The van der Waals surface area contributed by atoms with E-state index in [-0.39, 0.29) is 18.8 Å². The molecule has 1 rings (SSSR count). The SMILES string of the molecule is CC(C)C[C@H](NC(=O)CNC(=O)NC1C=CC(C(F)(F)F)=CC1)C(=O)O. The van der Waals surface area contributed by atoms with Crippen LogP contribution in [0.4, 0.5) is 18.0 Å². The molecular formula is C16H22F3N3O4. The van der Waals surface area contributed by atoms with Gasteiger partial charge in [0.25, 0.3) is 0 Å². The van der Waals surface area contributed by atoms with Gasteiger partial charge in [0.2, 0.25) is 5.91 Å². The van der Waals surface area contributed by atoms with Crippen LogP contribution in [0.2, 0.25) is 0 Å². The van der Waals surface area contributed by atoms with Crippen LogP contribution in [0.25, 0.3) is 0 Å². The lowest BCUT2D eigenvalue weighted by molar-refractivity contribution is -0.142. The molecule has 0 aliphatic heterocycles. The smallest absolute Gasteiger partial charge is 0.416 e. The second-order valence-corrected chi connectivity index (χ2v) is 6.27. The highest BCUT2D eigenvalue weighted by atomic mass is 19.4. The molecule has 0 radical (unpaired) electrons. The Bertz CT molecular complexity index is 600. The molecule has 0 spiro atoms. The van der Waals surface area contributed by atoms with E-state index >= 15 is 0 Å².